The molecule has 3 N–H and O–H groups in total. The van der Waals surface area contributed by atoms with Crippen LogP contribution in [-0.4, -0.2) is 51.2 Å². The van der Waals surface area contributed by atoms with Gasteiger partial charge in [-0.3, -0.25) is 24.5 Å². The zero-order valence-corrected chi connectivity index (χ0v) is 14.3. The lowest BCUT2D eigenvalue weighted by molar-refractivity contribution is -0.140. The Bertz CT molecular complexity index is 904. The van der Waals surface area contributed by atoms with Gasteiger partial charge in [0.1, 0.15) is 11.6 Å². The molecule has 27 heavy (non-hydrogen) atoms. The Morgan fingerprint density at radius 3 is 2.59 bits per heavy atom. The number of carbonyl (C=O) groups is 5. The van der Waals surface area contributed by atoms with Crippen molar-refractivity contribution in [3.8, 4) is 0 Å². The lowest BCUT2D eigenvalue weighted by Gasteiger charge is -2.29. The molecule has 2 aliphatic heterocycles. The number of aliphatic carboxylic acids is 1. The Morgan fingerprint density at radius 1 is 1.22 bits per heavy atom. The summed E-state index contributed by atoms with van der Waals surface area (Å²) >= 11 is 0. The fourth-order valence-electron chi connectivity index (χ4n) is 3.60. The average molecular weight is 371 g/mol. The maximum Gasteiger partial charge on any atom is 0.329 e. The van der Waals surface area contributed by atoms with Crippen molar-refractivity contribution in [3.63, 3.8) is 0 Å². The van der Waals surface area contributed by atoms with Gasteiger partial charge in [-0.25, -0.2) is 4.79 Å². The molecular formula is C18H17N3O6. The summed E-state index contributed by atoms with van der Waals surface area (Å²) in [6.45, 7) is 0.0596. The molecule has 2 heterocycles. The first-order valence-corrected chi connectivity index (χ1v) is 8.65. The van der Waals surface area contributed by atoms with Crippen LogP contribution in [0, 0.1) is 0 Å². The smallest absolute Gasteiger partial charge is 0.329 e. The second-order valence-corrected chi connectivity index (χ2v) is 7.07. The molecule has 1 atom stereocenters. The number of benzene rings is 1. The van der Waals surface area contributed by atoms with Crippen LogP contribution in [0.15, 0.2) is 18.2 Å². The lowest BCUT2D eigenvalue weighted by atomic mass is 10.0. The summed E-state index contributed by atoms with van der Waals surface area (Å²) in [5.41, 5.74) is -0.229. The highest BCUT2D eigenvalue weighted by Crippen LogP contribution is 2.36. The maximum absolute atomic E-state index is 12.7. The van der Waals surface area contributed by atoms with Crippen LogP contribution in [0.25, 0.3) is 0 Å². The Hall–Kier alpha value is -3.23. The summed E-state index contributed by atoms with van der Waals surface area (Å²) in [4.78, 5) is 61.5. The van der Waals surface area contributed by atoms with Crippen LogP contribution in [0.1, 0.15) is 52.0 Å². The van der Waals surface area contributed by atoms with Crippen molar-refractivity contribution in [2.24, 2.45) is 0 Å². The van der Waals surface area contributed by atoms with Gasteiger partial charge in [-0.2, -0.15) is 0 Å². The molecule has 1 aliphatic carbocycles. The fraction of sp³-hybridized carbons (Fsp3) is 0.389. The quantitative estimate of drug-likeness (QED) is 0.628. The molecular weight excluding hydrogens is 354 g/mol. The molecule has 140 valence electrons. The van der Waals surface area contributed by atoms with E-state index in [0.29, 0.717) is 24.0 Å². The molecule has 0 aromatic heterocycles. The first-order chi connectivity index (χ1) is 12.8. The molecule has 1 aromatic rings. The number of nitrogens with zero attached hydrogens (tertiary/aromatic N) is 1. The molecule has 4 amide bonds. The second kappa shape index (κ2) is 5.90. The van der Waals surface area contributed by atoms with Crippen molar-refractivity contribution in [3.05, 3.63) is 34.9 Å². The molecule has 1 unspecified atom stereocenters. The van der Waals surface area contributed by atoms with Crippen LogP contribution >= 0.6 is 0 Å². The normalized spacial score (nSPS) is 22.9. The van der Waals surface area contributed by atoms with Gasteiger partial charge in [-0.1, -0.05) is 6.07 Å². The standard InChI is InChI=1S/C18H17N3O6/c22-13-5-4-12(15(24)19-13)21-8-11-9(2-1-3-10(11)16(21)25)14(23)20-18(6-7-18)17(26)27/h1-3,12H,4-8H2,(H,20,23)(H,26,27)(H,19,22,24). The molecule has 2 fully saturated rings. The van der Waals surface area contributed by atoms with Gasteiger partial charge in [0.05, 0.1) is 0 Å². The Labute approximate surface area is 153 Å². The van der Waals surface area contributed by atoms with Crippen molar-refractivity contribution >= 4 is 29.6 Å². The van der Waals surface area contributed by atoms with E-state index in [0.717, 1.165) is 0 Å². The summed E-state index contributed by atoms with van der Waals surface area (Å²) in [6.07, 6.45) is 1.11. The van der Waals surface area contributed by atoms with E-state index in [2.05, 4.69) is 10.6 Å². The van der Waals surface area contributed by atoms with Crippen molar-refractivity contribution < 1.29 is 29.1 Å². The zero-order valence-electron chi connectivity index (χ0n) is 14.3. The van der Waals surface area contributed by atoms with Gasteiger partial charge >= 0.3 is 5.97 Å². The molecule has 9 nitrogen and oxygen atoms in total. The predicted octanol–water partition coefficient (Wildman–Crippen LogP) is -0.205. The average Bonchev–Trinajstić information content (AvgIpc) is 3.33. The first-order valence-electron chi connectivity index (χ1n) is 8.65. The first kappa shape index (κ1) is 17.2. The van der Waals surface area contributed by atoms with Crippen molar-refractivity contribution in [2.75, 3.05) is 0 Å². The van der Waals surface area contributed by atoms with Crippen LogP contribution in [-0.2, 0) is 20.9 Å². The minimum absolute atomic E-state index is 0.0596. The molecule has 1 saturated heterocycles. The molecule has 0 spiro atoms. The summed E-state index contributed by atoms with van der Waals surface area (Å²) in [5, 5.41) is 14.0. The molecule has 3 aliphatic rings. The number of imide groups is 1. The van der Waals surface area contributed by atoms with Crippen LogP contribution in [0.4, 0.5) is 0 Å². The third-order valence-electron chi connectivity index (χ3n) is 5.34. The van der Waals surface area contributed by atoms with E-state index in [4.69, 9.17) is 0 Å². The van der Waals surface area contributed by atoms with Gasteiger partial charge in [0, 0.05) is 24.1 Å². The fourth-order valence-corrected chi connectivity index (χ4v) is 3.60. The molecule has 4 rings (SSSR count). The number of nitrogens with one attached hydrogen (secondary N) is 2. The number of carboxylic acids is 1. The van der Waals surface area contributed by atoms with E-state index >= 15 is 0 Å². The Balaban J connectivity index is 1.60. The number of carboxylic acid groups (broad SMARTS) is 1. The molecule has 0 radical (unpaired) electrons. The second-order valence-electron chi connectivity index (χ2n) is 7.07. The van der Waals surface area contributed by atoms with E-state index in [1.54, 1.807) is 12.1 Å². The van der Waals surface area contributed by atoms with Gasteiger partial charge < -0.3 is 15.3 Å². The van der Waals surface area contributed by atoms with Gasteiger partial charge in [-0.05, 0) is 37.0 Å². The largest absolute Gasteiger partial charge is 0.480 e. The van der Waals surface area contributed by atoms with E-state index in [-0.39, 0.29) is 36.8 Å². The van der Waals surface area contributed by atoms with Gasteiger partial charge in [0.25, 0.3) is 11.8 Å². The van der Waals surface area contributed by atoms with E-state index in [1.807, 2.05) is 0 Å². The predicted molar refractivity (Wildman–Crippen MR) is 89.6 cm³/mol. The summed E-state index contributed by atoms with van der Waals surface area (Å²) < 4.78 is 0. The van der Waals surface area contributed by atoms with Crippen LogP contribution in [0.3, 0.4) is 0 Å². The molecule has 9 heteroatoms. The SMILES string of the molecule is O=C1CCC(N2Cc3c(C(=O)NC4(C(=O)O)CC4)cccc3C2=O)C(=O)N1. The van der Waals surface area contributed by atoms with Crippen molar-refractivity contribution in [2.45, 2.75) is 43.8 Å². The summed E-state index contributed by atoms with van der Waals surface area (Å²) in [5.74, 6) is -2.91. The van der Waals surface area contributed by atoms with Gasteiger partial charge in [-0.15, -0.1) is 0 Å². The number of amides is 4. The van der Waals surface area contributed by atoms with Crippen molar-refractivity contribution in [1.29, 1.82) is 0 Å². The monoisotopic (exact) mass is 371 g/mol. The highest BCUT2D eigenvalue weighted by atomic mass is 16.4. The summed E-state index contributed by atoms with van der Waals surface area (Å²) in [6, 6.07) is 3.89. The van der Waals surface area contributed by atoms with Gasteiger partial charge in [0.2, 0.25) is 11.8 Å². The highest BCUT2D eigenvalue weighted by Gasteiger charge is 2.52. The number of rotatable bonds is 4. The van der Waals surface area contributed by atoms with E-state index in [1.165, 1.54) is 11.0 Å². The maximum atomic E-state index is 12.7. The lowest BCUT2D eigenvalue weighted by Crippen LogP contribution is -2.52. The van der Waals surface area contributed by atoms with Gasteiger partial charge in [0.15, 0.2) is 0 Å². The Kier molecular flexibility index (Phi) is 3.76. The number of carbonyl (C=O) groups excluding carboxylic acids is 4. The number of hydrogen-bond acceptors (Lipinski definition) is 5. The summed E-state index contributed by atoms with van der Waals surface area (Å²) in [7, 11) is 0. The third kappa shape index (κ3) is 2.75. The molecule has 0 bridgehead atoms. The van der Waals surface area contributed by atoms with E-state index in [9.17, 15) is 29.1 Å². The van der Waals surface area contributed by atoms with Crippen LogP contribution in [0.2, 0.25) is 0 Å². The molecule has 1 aromatic carbocycles. The number of hydrogen-bond donors (Lipinski definition) is 3. The van der Waals surface area contributed by atoms with Crippen molar-refractivity contribution in [1.82, 2.24) is 15.5 Å². The van der Waals surface area contributed by atoms with E-state index < -0.39 is 29.4 Å². The number of fused-ring (bicyclic) bond motifs is 1. The zero-order chi connectivity index (χ0) is 19.3. The minimum Gasteiger partial charge on any atom is -0.480 e. The number of piperidine rings is 1. The molecule has 1 saturated carbocycles. The third-order valence-corrected chi connectivity index (χ3v) is 5.34. The minimum atomic E-state index is -1.23. The highest BCUT2D eigenvalue weighted by molar-refractivity contribution is 6.08. The van der Waals surface area contributed by atoms with Crippen LogP contribution < -0.4 is 10.6 Å². The Morgan fingerprint density at radius 2 is 1.96 bits per heavy atom. The topological polar surface area (TPSA) is 133 Å². The van der Waals surface area contributed by atoms with Crippen LogP contribution in [0.5, 0.6) is 0 Å².